The molecule has 0 fully saturated rings. The number of hydrogen-bond acceptors (Lipinski definition) is 3. The monoisotopic (exact) mass is 603 g/mol. The molecule has 0 aliphatic carbocycles. The van der Waals surface area contributed by atoms with E-state index in [1.165, 1.54) is 22.3 Å². The molecule has 0 aliphatic heterocycles. The molecule has 9 rings (SSSR count). The molecule has 2 heterocycles. The fraction of sp³-hybridized carbons (Fsp3) is 0. The third-order valence-electron chi connectivity index (χ3n) is 8.85. The fourth-order valence-electron chi connectivity index (χ4n) is 6.56. The van der Waals surface area contributed by atoms with Crippen molar-refractivity contribution in [2.45, 2.75) is 0 Å². The van der Waals surface area contributed by atoms with Crippen molar-refractivity contribution in [2.24, 2.45) is 0 Å². The second kappa shape index (κ2) is 11.2. The summed E-state index contributed by atoms with van der Waals surface area (Å²) in [5.74, 6) is 0.785. The van der Waals surface area contributed by atoms with Gasteiger partial charge in [0.2, 0.25) is 0 Å². The molecule has 0 atom stereocenters. The van der Waals surface area contributed by atoms with E-state index in [0.717, 1.165) is 61.4 Å². The first kappa shape index (κ1) is 27.0. The number of nitrogens with zero attached hydrogens (tertiary/aromatic N) is 2. The average Bonchev–Trinajstić information content (AvgIpc) is 3.76. The molecule has 9 aromatic rings. The van der Waals surface area contributed by atoms with Crippen LogP contribution < -0.4 is 4.90 Å². The molecule has 4 nitrogen and oxygen atoms in total. The Morgan fingerprint density at radius 1 is 0.489 bits per heavy atom. The molecule has 0 radical (unpaired) electrons. The Hall–Kier alpha value is -6.39. The molecule has 0 amide bonds. The van der Waals surface area contributed by atoms with Gasteiger partial charge in [-0.2, -0.15) is 0 Å². The van der Waals surface area contributed by atoms with Crippen LogP contribution >= 0.6 is 0 Å². The number of anilines is 3. The first-order valence-corrected chi connectivity index (χ1v) is 15.8. The van der Waals surface area contributed by atoms with Crippen molar-refractivity contribution in [3.05, 3.63) is 170 Å². The van der Waals surface area contributed by atoms with Gasteiger partial charge in [0.05, 0.1) is 27.7 Å². The molecule has 47 heavy (non-hydrogen) atoms. The molecule has 7 aromatic carbocycles. The van der Waals surface area contributed by atoms with E-state index in [9.17, 15) is 0 Å². The number of benzene rings is 7. The van der Waals surface area contributed by atoms with E-state index in [2.05, 4.69) is 137 Å². The molecule has 1 N–H and O–H groups in total. The van der Waals surface area contributed by atoms with E-state index >= 15 is 0 Å². The minimum absolute atomic E-state index is 0.785. The lowest BCUT2D eigenvalue weighted by Crippen LogP contribution is -2.10. The standard InChI is InChI=1S/C43H29N3O/c1-3-11-29(12-4-1)31-19-23-33(24-20-31)46(34-25-21-32(22-26-34)30-13-5-2-6-14-30)39-28-27-36(43-44-37-16-8-9-17-38(37)45-43)42-41(39)35-15-7-10-18-40(35)47-42/h1-28H,(H,44,45). The van der Waals surface area contributed by atoms with Crippen LogP contribution in [0.3, 0.4) is 0 Å². The lowest BCUT2D eigenvalue weighted by atomic mass is 10.0. The van der Waals surface area contributed by atoms with Crippen molar-refractivity contribution in [3.63, 3.8) is 0 Å². The zero-order chi connectivity index (χ0) is 31.2. The Morgan fingerprint density at radius 2 is 1.04 bits per heavy atom. The minimum atomic E-state index is 0.785. The number of aromatic amines is 1. The smallest absolute Gasteiger partial charge is 0.148 e. The molecule has 0 spiro atoms. The lowest BCUT2D eigenvalue weighted by Gasteiger charge is -2.27. The summed E-state index contributed by atoms with van der Waals surface area (Å²) in [6, 6.07) is 59.3. The topological polar surface area (TPSA) is 45.1 Å². The maximum atomic E-state index is 6.66. The van der Waals surface area contributed by atoms with Crippen LogP contribution in [0.1, 0.15) is 0 Å². The summed E-state index contributed by atoms with van der Waals surface area (Å²) in [7, 11) is 0. The Labute approximate surface area is 272 Å². The van der Waals surface area contributed by atoms with Crippen LogP contribution in [0.15, 0.2) is 174 Å². The maximum absolute atomic E-state index is 6.66. The van der Waals surface area contributed by atoms with Crippen molar-refractivity contribution in [1.82, 2.24) is 9.97 Å². The molecule has 0 bridgehead atoms. The van der Waals surface area contributed by atoms with Crippen LogP contribution in [0.25, 0.3) is 66.6 Å². The normalized spacial score (nSPS) is 11.4. The predicted molar refractivity (Wildman–Crippen MR) is 194 cm³/mol. The van der Waals surface area contributed by atoms with E-state index in [4.69, 9.17) is 9.40 Å². The van der Waals surface area contributed by atoms with Gasteiger partial charge in [0.1, 0.15) is 17.0 Å². The third kappa shape index (κ3) is 4.75. The lowest BCUT2D eigenvalue weighted by molar-refractivity contribution is 0.669. The SMILES string of the molecule is c1ccc(-c2ccc(N(c3ccc(-c4ccccc4)cc3)c3ccc(-c4nc5ccccc5[nH]4)c4oc5ccccc5c34)cc2)cc1. The number of rotatable bonds is 6. The third-order valence-corrected chi connectivity index (χ3v) is 8.85. The quantitative estimate of drug-likeness (QED) is 0.206. The summed E-state index contributed by atoms with van der Waals surface area (Å²) >= 11 is 0. The van der Waals surface area contributed by atoms with E-state index in [1.807, 2.05) is 42.5 Å². The summed E-state index contributed by atoms with van der Waals surface area (Å²) < 4.78 is 6.66. The predicted octanol–water partition coefficient (Wildman–Crippen LogP) is 11.9. The van der Waals surface area contributed by atoms with E-state index in [1.54, 1.807) is 0 Å². The second-order valence-corrected chi connectivity index (χ2v) is 11.7. The van der Waals surface area contributed by atoms with Gasteiger partial charge in [0.15, 0.2) is 0 Å². The highest BCUT2D eigenvalue weighted by atomic mass is 16.3. The number of H-pyrrole nitrogens is 1. The summed E-state index contributed by atoms with van der Waals surface area (Å²) in [5, 5.41) is 2.10. The summed E-state index contributed by atoms with van der Waals surface area (Å²) in [6.45, 7) is 0. The fourth-order valence-corrected chi connectivity index (χ4v) is 6.56. The second-order valence-electron chi connectivity index (χ2n) is 11.7. The van der Waals surface area contributed by atoms with Crippen molar-refractivity contribution in [3.8, 4) is 33.6 Å². The van der Waals surface area contributed by atoms with Crippen molar-refractivity contribution in [2.75, 3.05) is 4.90 Å². The Morgan fingerprint density at radius 3 is 1.68 bits per heavy atom. The number of imidazole rings is 1. The molecule has 0 saturated heterocycles. The molecule has 222 valence electrons. The first-order valence-electron chi connectivity index (χ1n) is 15.8. The van der Waals surface area contributed by atoms with Gasteiger partial charge in [-0.25, -0.2) is 4.98 Å². The van der Waals surface area contributed by atoms with Crippen molar-refractivity contribution >= 4 is 50.0 Å². The molecular weight excluding hydrogens is 574 g/mol. The van der Waals surface area contributed by atoms with Crippen molar-refractivity contribution < 1.29 is 4.42 Å². The number of para-hydroxylation sites is 3. The van der Waals surface area contributed by atoms with E-state index < -0.39 is 0 Å². The average molecular weight is 604 g/mol. The van der Waals surface area contributed by atoms with Gasteiger partial charge in [0.25, 0.3) is 0 Å². The summed E-state index contributed by atoms with van der Waals surface area (Å²) in [6.07, 6.45) is 0. The number of hydrogen-bond donors (Lipinski definition) is 1. The van der Waals surface area contributed by atoms with Crippen LogP contribution in [0.2, 0.25) is 0 Å². The number of furan rings is 1. The Kier molecular flexibility index (Phi) is 6.43. The zero-order valence-corrected chi connectivity index (χ0v) is 25.5. The van der Waals surface area contributed by atoms with Crippen molar-refractivity contribution in [1.29, 1.82) is 0 Å². The van der Waals surface area contributed by atoms with Gasteiger partial charge in [-0.05, 0) is 76.9 Å². The summed E-state index contributed by atoms with van der Waals surface area (Å²) in [5.41, 5.74) is 12.4. The number of aromatic nitrogens is 2. The molecule has 0 aliphatic rings. The highest BCUT2D eigenvalue weighted by molar-refractivity contribution is 6.17. The van der Waals surface area contributed by atoms with E-state index in [0.29, 0.717) is 0 Å². The van der Waals surface area contributed by atoms with Crippen LogP contribution in [0, 0.1) is 0 Å². The zero-order valence-electron chi connectivity index (χ0n) is 25.5. The van der Waals surface area contributed by atoms with Gasteiger partial charge in [-0.1, -0.05) is 115 Å². The van der Waals surface area contributed by atoms with Gasteiger partial charge >= 0.3 is 0 Å². The molecule has 2 aromatic heterocycles. The minimum Gasteiger partial charge on any atom is -0.455 e. The summed E-state index contributed by atoms with van der Waals surface area (Å²) in [4.78, 5) is 10.8. The van der Waals surface area contributed by atoms with Crippen LogP contribution in [-0.2, 0) is 0 Å². The van der Waals surface area contributed by atoms with Gasteiger partial charge in [-0.3, -0.25) is 0 Å². The van der Waals surface area contributed by atoms with Gasteiger partial charge < -0.3 is 14.3 Å². The molecule has 0 unspecified atom stereocenters. The number of nitrogens with one attached hydrogen (secondary N) is 1. The Bertz CT molecular complexity index is 2380. The van der Waals surface area contributed by atoms with Crippen LogP contribution in [0.5, 0.6) is 0 Å². The van der Waals surface area contributed by atoms with Gasteiger partial charge in [0, 0.05) is 16.8 Å². The van der Waals surface area contributed by atoms with Gasteiger partial charge in [-0.15, -0.1) is 0 Å². The molecule has 4 heteroatoms. The van der Waals surface area contributed by atoms with Crippen LogP contribution in [0.4, 0.5) is 17.1 Å². The largest absolute Gasteiger partial charge is 0.455 e. The molecule has 0 saturated carbocycles. The molecular formula is C43H29N3O. The first-order chi connectivity index (χ1) is 23.3. The van der Waals surface area contributed by atoms with E-state index in [-0.39, 0.29) is 0 Å². The highest BCUT2D eigenvalue weighted by Crippen LogP contribution is 2.46. The highest BCUT2D eigenvalue weighted by Gasteiger charge is 2.23. The van der Waals surface area contributed by atoms with Crippen LogP contribution in [-0.4, -0.2) is 9.97 Å². The number of fused-ring (bicyclic) bond motifs is 4. The Balaban J connectivity index is 1.26. The maximum Gasteiger partial charge on any atom is 0.148 e.